The van der Waals surface area contributed by atoms with Gasteiger partial charge in [-0.05, 0) is 54.6 Å². The second kappa shape index (κ2) is 11.9. The summed E-state index contributed by atoms with van der Waals surface area (Å²) in [5.41, 5.74) is 1.11. The highest BCUT2D eigenvalue weighted by molar-refractivity contribution is 5.91. The van der Waals surface area contributed by atoms with E-state index in [2.05, 4.69) is 29.2 Å². The van der Waals surface area contributed by atoms with E-state index in [1.54, 1.807) is 4.90 Å². The Hall–Kier alpha value is -3.19. The van der Waals surface area contributed by atoms with Gasteiger partial charge >= 0.3 is 0 Å². The Morgan fingerprint density at radius 1 is 0.946 bits per heavy atom. The molecule has 0 spiro atoms. The molecule has 1 heterocycles. The van der Waals surface area contributed by atoms with Crippen LogP contribution >= 0.6 is 0 Å². The monoisotopic (exact) mass is 502 g/mol. The normalized spacial score (nSPS) is 15.8. The molecule has 1 aliphatic heterocycles. The first-order chi connectivity index (χ1) is 17.9. The zero-order valence-corrected chi connectivity index (χ0v) is 21.8. The molecule has 196 valence electrons. The van der Waals surface area contributed by atoms with E-state index in [1.165, 1.54) is 0 Å². The van der Waals surface area contributed by atoms with E-state index in [9.17, 15) is 9.90 Å². The fourth-order valence-corrected chi connectivity index (χ4v) is 5.44. The molecule has 0 atom stereocenters. The molecule has 0 bridgehead atoms. The lowest BCUT2D eigenvalue weighted by Gasteiger charge is -2.41. The number of hydrogen-bond acceptors (Lipinski definition) is 5. The molecular formula is C31H38N2O4. The second-order valence-corrected chi connectivity index (χ2v) is 10.1. The number of carbonyl (C=O) groups excluding carboxylic acids is 1. The van der Waals surface area contributed by atoms with Crippen molar-refractivity contribution in [1.29, 1.82) is 0 Å². The van der Waals surface area contributed by atoms with Gasteiger partial charge in [0, 0.05) is 27.2 Å². The van der Waals surface area contributed by atoms with Crippen LogP contribution < -0.4 is 4.74 Å². The Bertz CT molecular complexity index is 1100. The summed E-state index contributed by atoms with van der Waals surface area (Å²) in [4.78, 5) is 17.9. The minimum Gasteiger partial charge on any atom is -0.491 e. The van der Waals surface area contributed by atoms with Crippen molar-refractivity contribution < 1.29 is 19.7 Å². The molecule has 3 aromatic rings. The fourth-order valence-electron chi connectivity index (χ4n) is 5.44. The van der Waals surface area contributed by atoms with Crippen LogP contribution in [0, 0.1) is 0 Å². The van der Waals surface area contributed by atoms with E-state index in [-0.39, 0.29) is 19.1 Å². The highest BCUT2D eigenvalue weighted by atomic mass is 16.5. The number of aliphatic hydroxyl groups is 2. The average Bonchev–Trinajstić information content (AvgIpc) is 2.94. The van der Waals surface area contributed by atoms with E-state index >= 15 is 0 Å². The molecule has 1 amide bonds. The molecule has 1 fully saturated rings. The quantitative estimate of drug-likeness (QED) is 0.441. The van der Waals surface area contributed by atoms with Crippen LogP contribution in [0.3, 0.4) is 0 Å². The molecular weight excluding hydrogens is 464 g/mol. The molecule has 1 saturated heterocycles. The highest BCUT2D eigenvalue weighted by Crippen LogP contribution is 2.39. The number of hydrogen-bond donors (Lipinski definition) is 2. The van der Waals surface area contributed by atoms with Crippen LogP contribution in [0.1, 0.15) is 36.0 Å². The predicted octanol–water partition coefficient (Wildman–Crippen LogP) is 3.81. The number of likely N-dealkylation sites (tertiary alicyclic amines) is 1. The average molecular weight is 503 g/mol. The van der Waals surface area contributed by atoms with Crippen molar-refractivity contribution in [2.75, 3.05) is 46.9 Å². The summed E-state index contributed by atoms with van der Waals surface area (Å²) < 4.78 is 5.55. The first-order valence-electron chi connectivity index (χ1n) is 13.0. The maximum Gasteiger partial charge on any atom is 0.237 e. The van der Waals surface area contributed by atoms with Crippen molar-refractivity contribution in [1.82, 2.24) is 9.80 Å². The van der Waals surface area contributed by atoms with Crippen LogP contribution in [0.25, 0.3) is 0 Å². The number of amides is 1. The van der Waals surface area contributed by atoms with E-state index < -0.39 is 11.0 Å². The van der Waals surface area contributed by atoms with Crippen molar-refractivity contribution in [3.63, 3.8) is 0 Å². The van der Waals surface area contributed by atoms with Gasteiger partial charge in [0.2, 0.25) is 5.91 Å². The van der Waals surface area contributed by atoms with Gasteiger partial charge in [-0.1, -0.05) is 72.8 Å². The topological polar surface area (TPSA) is 73.2 Å². The van der Waals surface area contributed by atoms with Gasteiger partial charge < -0.3 is 24.7 Å². The van der Waals surface area contributed by atoms with E-state index in [4.69, 9.17) is 9.84 Å². The molecule has 1 aliphatic rings. The van der Waals surface area contributed by atoms with Crippen LogP contribution in [-0.2, 0) is 15.8 Å². The van der Waals surface area contributed by atoms with Crippen molar-refractivity contribution in [3.8, 4) is 5.75 Å². The van der Waals surface area contributed by atoms with Crippen LogP contribution in [0.15, 0.2) is 84.9 Å². The number of rotatable bonds is 10. The first kappa shape index (κ1) is 26.9. The van der Waals surface area contributed by atoms with Crippen LogP contribution in [0.4, 0.5) is 0 Å². The standard InChI is InChI=1S/C31H38N2O4/c1-32(2)29(35)31(25-10-5-3-6-11-25,26-12-7-4-8-13-26)18-21-33-19-16-30(36,17-20-33)27-14-9-15-28(24-27)37-23-22-34/h3-15,24,34,36H,16-23H2,1-2H3. The number of piperidine rings is 1. The van der Waals surface area contributed by atoms with Crippen molar-refractivity contribution in [3.05, 3.63) is 102 Å². The third kappa shape index (κ3) is 5.87. The van der Waals surface area contributed by atoms with Gasteiger partial charge in [0.15, 0.2) is 0 Å². The second-order valence-electron chi connectivity index (χ2n) is 10.1. The number of aliphatic hydroxyl groups excluding tert-OH is 1. The fraction of sp³-hybridized carbons (Fsp3) is 0.387. The summed E-state index contributed by atoms with van der Waals surface area (Å²) in [5, 5.41) is 20.5. The largest absolute Gasteiger partial charge is 0.491 e. The van der Waals surface area contributed by atoms with Crippen LogP contribution in [-0.4, -0.2) is 72.9 Å². The van der Waals surface area contributed by atoms with Crippen molar-refractivity contribution >= 4 is 5.91 Å². The summed E-state index contributed by atoms with van der Waals surface area (Å²) in [7, 11) is 3.64. The van der Waals surface area contributed by atoms with E-state index in [0.29, 0.717) is 25.0 Å². The SMILES string of the molecule is CN(C)C(=O)C(CCN1CCC(O)(c2cccc(OCCO)c2)CC1)(c1ccccc1)c1ccccc1. The number of likely N-dealkylation sites (N-methyl/N-ethyl adjacent to an activating group) is 1. The smallest absolute Gasteiger partial charge is 0.237 e. The number of ether oxygens (including phenoxy) is 1. The van der Waals surface area contributed by atoms with Gasteiger partial charge in [0.25, 0.3) is 0 Å². The summed E-state index contributed by atoms with van der Waals surface area (Å²) in [6.07, 6.45) is 1.84. The van der Waals surface area contributed by atoms with Crippen molar-refractivity contribution in [2.24, 2.45) is 0 Å². The van der Waals surface area contributed by atoms with Gasteiger partial charge in [0.1, 0.15) is 17.8 Å². The Balaban J connectivity index is 1.53. The lowest BCUT2D eigenvalue weighted by Crippen LogP contribution is -2.48. The number of carbonyl (C=O) groups is 1. The van der Waals surface area contributed by atoms with Gasteiger partial charge in [-0.2, -0.15) is 0 Å². The minimum absolute atomic E-state index is 0.0484. The Labute approximate surface area is 220 Å². The summed E-state index contributed by atoms with van der Waals surface area (Å²) in [5.74, 6) is 0.721. The van der Waals surface area contributed by atoms with Gasteiger partial charge in [-0.25, -0.2) is 0 Å². The Morgan fingerprint density at radius 3 is 2.08 bits per heavy atom. The maximum atomic E-state index is 13.9. The molecule has 6 heteroatoms. The molecule has 37 heavy (non-hydrogen) atoms. The molecule has 0 aromatic heterocycles. The summed E-state index contributed by atoms with van der Waals surface area (Å²) in [6, 6.07) is 27.7. The highest BCUT2D eigenvalue weighted by Gasteiger charge is 2.43. The Kier molecular flexibility index (Phi) is 8.64. The van der Waals surface area contributed by atoms with Gasteiger partial charge in [-0.3, -0.25) is 4.79 Å². The molecule has 0 radical (unpaired) electrons. The first-order valence-corrected chi connectivity index (χ1v) is 13.0. The molecule has 0 unspecified atom stereocenters. The molecule has 0 saturated carbocycles. The molecule has 2 N–H and O–H groups in total. The van der Waals surface area contributed by atoms with Crippen LogP contribution in [0.5, 0.6) is 5.75 Å². The molecule has 0 aliphatic carbocycles. The van der Waals surface area contributed by atoms with Crippen LogP contribution in [0.2, 0.25) is 0 Å². The lowest BCUT2D eigenvalue weighted by molar-refractivity contribution is -0.133. The zero-order chi connectivity index (χ0) is 26.3. The van der Waals surface area contributed by atoms with Gasteiger partial charge in [0.05, 0.1) is 12.2 Å². The lowest BCUT2D eigenvalue weighted by atomic mass is 9.70. The van der Waals surface area contributed by atoms with E-state index in [0.717, 1.165) is 36.3 Å². The van der Waals surface area contributed by atoms with Gasteiger partial charge in [-0.15, -0.1) is 0 Å². The third-order valence-corrected chi connectivity index (χ3v) is 7.52. The number of nitrogens with zero attached hydrogens (tertiary/aromatic N) is 2. The van der Waals surface area contributed by atoms with Crippen molar-refractivity contribution in [2.45, 2.75) is 30.3 Å². The molecule has 4 rings (SSSR count). The summed E-state index contributed by atoms with van der Waals surface area (Å²) in [6.45, 7) is 2.38. The Morgan fingerprint density at radius 2 is 1.54 bits per heavy atom. The minimum atomic E-state index is -0.926. The molecule has 6 nitrogen and oxygen atoms in total. The third-order valence-electron chi connectivity index (χ3n) is 7.52. The van der Waals surface area contributed by atoms with E-state index in [1.807, 2.05) is 74.8 Å². The number of benzene rings is 3. The predicted molar refractivity (Wildman–Crippen MR) is 146 cm³/mol. The maximum absolute atomic E-state index is 13.9. The summed E-state index contributed by atoms with van der Waals surface area (Å²) >= 11 is 0. The molecule has 3 aromatic carbocycles. The zero-order valence-electron chi connectivity index (χ0n) is 21.8.